The lowest BCUT2D eigenvalue weighted by Gasteiger charge is -2.07. The zero-order valence-corrected chi connectivity index (χ0v) is 10.7. The van der Waals surface area contributed by atoms with E-state index in [1.165, 1.54) is 0 Å². The molecule has 1 aromatic heterocycles. The van der Waals surface area contributed by atoms with Crippen molar-refractivity contribution < 1.29 is 14.3 Å². The van der Waals surface area contributed by atoms with Gasteiger partial charge in [0.15, 0.2) is 5.76 Å². The number of amides is 1. The Labute approximate surface area is 102 Å². The van der Waals surface area contributed by atoms with E-state index < -0.39 is 0 Å². The highest BCUT2D eigenvalue weighted by molar-refractivity contribution is 5.91. The molecule has 4 nitrogen and oxygen atoms in total. The Morgan fingerprint density at radius 3 is 2.65 bits per heavy atom. The van der Waals surface area contributed by atoms with Crippen LogP contribution >= 0.6 is 0 Å². The van der Waals surface area contributed by atoms with Crippen LogP contribution < -0.4 is 5.32 Å². The number of nitrogens with one attached hydrogen (secondary N) is 1. The molecule has 1 heterocycles. The number of hydrogen-bond donors (Lipinski definition) is 2. The summed E-state index contributed by atoms with van der Waals surface area (Å²) in [5.41, 5.74) is 1.09. The van der Waals surface area contributed by atoms with Gasteiger partial charge in [-0.25, -0.2) is 0 Å². The molecule has 0 radical (unpaired) electrons. The molecule has 0 saturated heterocycles. The Hall–Kier alpha value is -1.29. The van der Waals surface area contributed by atoms with Crippen molar-refractivity contribution in [2.75, 3.05) is 13.2 Å². The summed E-state index contributed by atoms with van der Waals surface area (Å²) in [6.45, 7) is 6.45. The van der Waals surface area contributed by atoms with Gasteiger partial charge in [-0.2, -0.15) is 0 Å². The van der Waals surface area contributed by atoms with E-state index in [9.17, 15) is 4.79 Å². The van der Waals surface area contributed by atoms with Gasteiger partial charge >= 0.3 is 0 Å². The number of carbonyl (C=O) groups is 1. The summed E-state index contributed by atoms with van der Waals surface area (Å²) < 4.78 is 5.51. The Bertz CT molecular complexity index is 349. The van der Waals surface area contributed by atoms with E-state index in [0.717, 1.165) is 24.2 Å². The van der Waals surface area contributed by atoms with Gasteiger partial charge in [0.1, 0.15) is 5.76 Å². The van der Waals surface area contributed by atoms with Crippen LogP contribution in [0, 0.1) is 5.92 Å². The third kappa shape index (κ3) is 3.60. The average molecular weight is 239 g/mol. The molecule has 2 N–H and O–H groups in total. The fourth-order valence-corrected chi connectivity index (χ4v) is 1.60. The van der Waals surface area contributed by atoms with E-state index in [1.54, 1.807) is 6.07 Å². The van der Waals surface area contributed by atoms with Crippen LogP contribution in [0.3, 0.4) is 0 Å². The minimum atomic E-state index is -0.209. The van der Waals surface area contributed by atoms with Crippen molar-refractivity contribution in [3.05, 3.63) is 23.2 Å². The average Bonchev–Trinajstić information content (AvgIpc) is 2.78. The van der Waals surface area contributed by atoms with Crippen LogP contribution in [-0.4, -0.2) is 24.2 Å². The fraction of sp³-hybridized carbons (Fsp3) is 0.615. The smallest absolute Gasteiger partial charge is 0.287 e. The first-order chi connectivity index (χ1) is 8.12. The van der Waals surface area contributed by atoms with Crippen molar-refractivity contribution in [3.8, 4) is 0 Å². The lowest BCUT2D eigenvalue weighted by atomic mass is 10.1. The molecule has 0 saturated carbocycles. The van der Waals surface area contributed by atoms with Crippen molar-refractivity contribution >= 4 is 5.91 Å². The molecule has 0 aliphatic rings. The van der Waals surface area contributed by atoms with Crippen LogP contribution in [0.25, 0.3) is 0 Å². The second-order valence-corrected chi connectivity index (χ2v) is 4.26. The summed E-state index contributed by atoms with van der Waals surface area (Å²) >= 11 is 0. The molecule has 0 fully saturated rings. The Balaban J connectivity index is 2.66. The number of aryl methyl sites for hydroxylation is 2. The Morgan fingerprint density at radius 1 is 1.47 bits per heavy atom. The zero-order chi connectivity index (χ0) is 12.8. The monoisotopic (exact) mass is 239 g/mol. The maximum Gasteiger partial charge on any atom is 0.287 e. The normalized spacial score (nSPS) is 12.5. The van der Waals surface area contributed by atoms with Crippen molar-refractivity contribution in [2.24, 2.45) is 5.92 Å². The fourth-order valence-electron chi connectivity index (χ4n) is 1.60. The predicted octanol–water partition coefficient (Wildman–Crippen LogP) is 1.76. The molecule has 0 aliphatic carbocycles. The van der Waals surface area contributed by atoms with Gasteiger partial charge in [0, 0.05) is 19.6 Å². The molecule has 17 heavy (non-hydrogen) atoms. The summed E-state index contributed by atoms with van der Waals surface area (Å²) in [4.78, 5) is 11.8. The number of aliphatic hydroxyl groups excluding tert-OH is 1. The van der Waals surface area contributed by atoms with Gasteiger partial charge in [0.25, 0.3) is 5.91 Å². The predicted molar refractivity (Wildman–Crippen MR) is 66.0 cm³/mol. The maximum atomic E-state index is 11.8. The van der Waals surface area contributed by atoms with E-state index in [-0.39, 0.29) is 18.4 Å². The number of carbonyl (C=O) groups excluding carboxylic acids is 1. The number of aliphatic hydroxyl groups is 1. The lowest BCUT2D eigenvalue weighted by Crippen LogP contribution is -2.29. The number of furan rings is 1. The minimum absolute atomic E-state index is 0.0604. The highest BCUT2D eigenvalue weighted by Crippen LogP contribution is 2.16. The van der Waals surface area contributed by atoms with Gasteiger partial charge in [-0.05, 0) is 24.0 Å². The highest BCUT2D eigenvalue weighted by atomic mass is 16.4. The summed E-state index contributed by atoms with van der Waals surface area (Å²) in [5.74, 6) is 1.10. The van der Waals surface area contributed by atoms with Crippen LogP contribution in [0.2, 0.25) is 0 Å². The summed E-state index contributed by atoms with van der Waals surface area (Å²) in [7, 11) is 0. The minimum Gasteiger partial charge on any atom is -0.456 e. The van der Waals surface area contributed by atoms with Crippen molar-refractivity contribution in [2.45, 2.75) is 33.6 Å². The lowest BCUT2D eigenvalue weighted by molar-refractivity contribution is 0.0913. The van der Waals surface area contributed by atoms with Gasteiger partial charge < -0.3 is 14.8 Å². The molecular formula is C13H21NO3. The molecule has 0 spiro atoms. The first-order valence-electron chi connectivity index (χ1n) is 6.12. The first-order valence-corrected chi connectivity index (χ1v) is 6.12. The third-order valence-corrected chi connectivity index (χ3v) is 2.75. The van der Waals surface area contributed by atoms with Crippen LogP contribution in [0.1, 0.15) is 42.6 Å². The standard InChI is InChI=1S/C13H21NO3/c1-4-10-6-12(17-11(10)5-2)13(16)14-7-9(3)8-15/h6,9,15H,4-5,7-8H2,1-3H3,(H,14,16). The first kappa shape index (κ1) is 13.8. The molecule has 4 heteroatoms. The molecule has 1 unspecified atom stereocenters. The van der Waals surface area contributed by atoms with Gasteiger partial charge in [-0.1, -0.05) is 20.8 Å². The SMILES string of the molecule is CCc1cc(C(=O)NCC(C)CO)oc1CC. The molecule has 1 aromatic rings. The van der Waals surface area contributed by atoms with Gasteiger partial charge in [-0.15, -0.1) is 0 Å². The van der Waals surface area contributed by atoms with Gasteiger partial charge in [0.05, 0.1) is 0 Å². The maximum absolute atomic E-state index is 11.8. The molecule has 96 valence electrons. The van der Waals surface area contributed by atoms with E-state index >= 15 is 0 Å². The Kier molecular flexibility index (Phi) is 5.22. The molecule has 1 rings (SSSR count). The summed E-state index contributed by atoms with van der Waals surface area (Å²) in [6, 6.07) is 1.80. The summed E-state index contributed by atoms with van der Waals surface area (Å²) in [6.07, 6.45) is 1.66. The number of hydrogen-bond acceptors (Lipinski definition) is 3. The molecule has 0 aliphatic heterocycles. The van der Waals surface area contributed by atoms with E-state index in [1.807, 2.05) is 20.8 Å². The van der Waals surface area contributed by atoms with Crippen LogP contribution in [0.5, 0.6) is 0 Å². The quantitative estimate of drug-likeness (QED) is 0.795. The molecule has 0 aromatic carbocycles. The zero-order valence-electron chi connectivity index (χ0n) is 10.7. The molecule has 1 atom stereocenters. The van der Waals surface area contributed by atoms with Crippen molar-refractivity contribution in [3.63, 3.8) is 0 Å². The van der Waals surface area contributed by atoms with E-state index in [2.05, 4.69) is 5.32 Å². The second-order valence-electron chi connectivity index (χ2n) is 4.26. The molecule has 0 bridgehead atoms. The molecule has 1 amide bonds. The van der Waals surface area contributed by atoms with E-state index in [4.69, 9.17) is 9.52 Å². The van der Waals surface area contributed by atoms with E-state index in [0.29, 0.717) is 12.3 Å². The van der Waals surface area contributed by atoms with Crippen LogP contribution in [-0.2, 0) is 12.8 Å². The van der Waals surface area contributed by atoms with Crippen molar-refractivity contribution in [1.82, 2.24) is 5.32 Å². The number of rotatable bonds is 6. The molecular weight excluding hydrogens is 218 g/mol. The summed E-state index contributed by atoms with van der Waals surface area (Å²) in [5, 5.41) is 11.6. The topological polar surface area (TPSA) is 62.5 Å². The third-order valence-electron chi connectivity index (χ3n) is 2.75. The van der Waals surface area contributed by atoms with Crippen LogP contribution in [0.15, 0.2) is 10.5 Å². The Morgan fingerprint density at radius 2 is 2.18 bits per heavy atom. The second kappa shape index (κ2) is 6.45. The van der Waals surface area contributed by atoms with Gasteiger partial charge in [0.2, 0.25) is 0 Å². The largest absolute Gasteiger partial charge is 0.456 e. The van der Waals surface area contributed by atoms with Crippen molar-refractivity contribution in [1.29, 1.82) is 0 Å². The van der Waals surface area contributed by atoms with Gasteiger partial charge in [-0.3, -0.25) is 4.79 Å². The van der Waals surface area contributed by atoms with Crippen LogP contribution in [0.4, 0.5) is 0 Å². The highest BCUT2D eigenvalue weighted by Gasteiger charge is 2.15.